The number of H-pyrrole nitrogens is 1. The molecule has 4 aromatic rings. The summed E-state index contributed by atoms with van der Waals surface area (Å²) in [5.74, 6) is 1.39. The van der Waals surface area contributed by atoms with E-state index in [4.69, 9.17) is 16.3 Å². The predicted molar refractivity (Wildman–Crippen MR) is 215 cm³/mol. The number of pyridine rings is 1. The molecule has 15 heteroatoms. The molecule has 4 heterocycles. The Morgan fingerprint density at radius 3 is 2.25 bits per heavy atom. The van der Waals surface area contributed by atoms with Crippen molar-refractivity contribution in [2.24, 2.45) is 11.3 Å². The van der Waals surface area contributed by atoms with E-state index >= 15 is 0 Å². The van der Waals surface area contributed by atoms with Gasteiger partial charge in [0, 0.05) is 62.0 Å². The molecular weight excluding hydrogens is 759 g/mol. The van der Waals surface area contributed by atoms with Gasteiger partial charge in [-0.2, -0.15) is 0 Å². The van der Waals surface area contributed by atoms with Crippen LogP contribution in [0.25, 0.3) is 22.4 Å². The van der Waals surface area contributed by atoms with Crippen LogP contribution in [-0.4, -0.2) is 80.9 Å². The number of aromatic nitrogens is 3. The van der Waals surface area contributed by atoms with E-state index in [1.807, 2.05) is 58.6 Å². The zero-order valence-corrected chi connectivity index (χ0v) is 34.4. The number of amides is 2. The average Bonchev–Trinajstić information content (AvgIpc) is 3.77. The van der Waals surface area contributed by atoms with Crippen LogP contribution in [0.15, 0.2) is 60.9 Å². The Balaban J connectivity index is 1.14. The molecule has 2 fully saturated rings. The summed E-state index contributed by atoms with van der Waals surface area (Å²) in [4.78, 5) is 44.1. The number of rotatable bonds is 8. The van der Waals surface area contributed by atoms with Gasteiger partial charge in [-0.15, -0.1) is 13.2 Å². The molecule has 0 unspecified atom stereocenters. The van der Waals surface area contributed by atoms with E-state index in [1.54, 1.807) is 41.6 Å². The number of aromatic amines is 1. The molecule has 0 aliphatic carbocycles. The smallest absolute Gasteiger partial charge is 0.444 e. The van der Waals surface area contributed by atoms with Crippen LogP contribution in [0.5, 0.6) is 5.75 Å². The maximum atomic E-state index is 13.7. The maximum Gasteiger partial charge on any atom is 0.573 e. The third-order valence-electron chi connectivity index (χ3n) is 9.99. The van der Waals surface area contributed by atoms with Crippen LogP contribution in [0.2, 0.25) is 5.02 Å². The van der Waals surface area contributed by atoms with Crippen molar-refractivity contribution in [3.8, 4) is 28.1 Å². The highest BCUT2D eigenvalue weighted by atomic mass is 35.5. The number of hydrogen-bond donors (Lipinski definition) is 2. The fourth-order valence-corrected chi connectivity index (χ4v) is 7.51. The van der Waals surface area contributed by atoms with Crippen molar-refractivity contribution in [3.63, 3.8) is 0 Å². The molecule has 2 amide bonds. The first kappa shape index (κ1) is 41.6. The third-order valence-corrected chi connectivity index (χ3v) is 10.3. The quantitative estimate of drug-likeness (QED) is 0.181. The van der Waals surface area contributed by atoms with Gasteiger partial charge in [-0.05, 0) is 68.9 Å². The van der Waals surface area contributed by atoms with E-state index in [9.17, 15) is 22.8 Å². The average molecular weight is 810 g/mol. The fraction of sp³-hybridized carbons (Fsp3) is 0.476. The van der Waals surface area contributed by atoms with Gasteiger partial charge in [0.25, 0.3) is 0 Å². The number of alkyl halides is 3. The number of nitrogens with zero attached hydrogens (tertiary/aromatic N) is 5. The van der Waals surface area contributed by atoms with Gasteiger partial charge < -0.3 is 29.6 Å². The Labute approximate surface area is 336 Å². The van der Waals surface area contributed by atoms with Crippen LogP contribution in [0.1, 0.15) is 79.2 Å². The summed E-state index contributed by atoms with van der Waals surface area (Å²) in [5.41, 5.74) is 2.06. The monoisotopic (exact) mass is 809 g/mol. The van der Waals surface area contributed by atoms with Crippen molar-refractivity contribution in [1.82, 2.24) is 24.8 Å². The van der Waals surface area contributed by atoms with E-state index in [-0.39, 0.29) is 46.7 Å². The number of carbonyl (C=O) groups excluding carboxylic acids is 2. The Morgan fingerprint density at radius 2 is 1.63 bits per heavy atom. The van der Waals surface area contributed by atoms with Crippen LogP contribution in [0, 0.1) is 11.3 Å². The molecule has 6 rings (SSSR count). The first-order chi connectivity index (χ1) is 26.6. The molecule has 2 N–H and O–H groups in total. The van der Waals surface area contributed by atoms with E-state index in [1.165, 1.54) is 12.1 Å². The first-order valence-corrected chi connectivity index (χ1v) is 19.5. The van der Waals surface area contributed by atoms with E-state index < -0.39 is 29.2 Å². The Morgan fingerprint density at radius 1 is 0.930 bits per heavy atom. The summed E-state index contributed by atoms with van der Waals surface area (Å²) in [6.07, 6.45) is -1.22. The molecule has 0 saturated carbocycles. The molecule has 2 saturated heterocycles. The van der Waals surface area contributed by atoms with Gasteiger partial charge in [-0.1, -0.05) is 69.6 Å². The van der Waals surface area contributed by atoms with E-state index in [2.05, 4.69) is 43.8 Å². The van der Waals surface area contributed by atoms with Gasteiger partial charge in [0.05, 0.1) is 28.6 Å². The minimum absolute atomic E-state index is 0.0739. The zero-order valence-electron chi connectivity index (χ0n) is 33.6. The SMILES string of the molecule is C[C@H]1C[C@@H](c2ncc(-c3ccc(-c4cc(Cl)c(NCc5ccc(N6CCN(C(=O)C(C)(C)C)C[C@H]6C)nc5)cc4OC(F)(F)F)cc3)[nH]2)N(C(=O)OC(C)(C)C)C1. The van der Waals surface area contributed by atoms with Crippen molar-refractivity contribution in [3.05, 3.63) is 77.3 Å². The van der Waals surface area contributed by atoms with Crippen LogP contribution in [-0.2, 0) is 16.1 Å². The predicted octanol–water partition coefficient (Wildman–Crippen LogP) is 9.70. The van der Waals surface area contributed by atoms with Crippen LogP contribution in [0.4, 0.5) is 29.5 Å². The van der Waals surface area contributed by atoms with Gasteiger partial charge in [0.2, 0.25) is 5.91 Å². The van der Waals surface area contributed by atoms with Gasteiger partial charge in [-0.25, -0.2) is 14.8 Å². The molecule has 3 atom stereocenters. The Hall–Kier alpha value is -4.98. The topological polar surface area (TPSA) is 116 Å². The Bertz CT molecular complexity index is 2060. The second kappa shape index (κ2) is 16.1. The number of carbonyl (C=O) groups is 2. The molecule has 57 heavy (non-hydrogen) atoms. The number of nitrogens with one attached hydrogen (secondary N) is 2. The highest BCUT2D eigenvalue weighted by molar-refractivity contribution is 6.33. The van der Waals surface area contributed by atoms with E-state index in [0.717, 1.165) is 23.4 Å². The minimum Gasteiger partial charge on any atom is -0.444 e. The van der Waals surface area contributed by atoms with Gasteiger partial charge in [-0.3, -0.25) is 9.69 Å². The summed E-state index contributed by atoms with van der Waals surface area (Å²) in [6.45, 7) is 18.0. The molecule has 0 spiro atoms. The fourth-order valence-electron chi connectivity index (χ4n) is 7.28. The molecule has 0 bridgehead atoms. The number of benzene rings is 2. The Kier molecular flexibility index (Phi) is 11.8. The number of imidazole rings is 1. The molecule has 0 radical (unpaired) electrons. The summed E-state index contributed by atoms with van der Waals surface area (Å²) in [6, 6.07) is 13.2. The summed E-state index contributed by atoms with van der Waals surface area (Å²) in [5, 5.41) is 3.34. The molecule has 11 nitrogen and oxygen atoms in total. The van der Waals surface area contributed by atoms with Gasteiger partial charge in [0.1, 0.15) is 23.0 Å². The lowest BCUT2D eigenvalue weighted by Gasteiger charge is -2.42. The molecular formula is C42H51ClF3N7O4. The zero-order chi connectivity index (χ0) is 41.4. The lowest BCUT2D eigenvalue weighted by molar-refractivity contribution is -0.274. The molecule has 306 valence electrons. The van der Waals surface area contributed by atoms with Gasteiger partial charge >= 0.3 is 12.5 Å². The molecule has 2 aliphatic heterocycles. The second-order valence-corrected chi connectivity index (χ2v) is 17.5. The minimum atomic E-state index is -4.95. The summed E-state index contributed by atoms with van der Waals surface area (Å²) < 4.78 is 51.2. The summed E-state index contributed by atoms with van der Waals surface area (Å²) in [7, 11) is 0. The first-order valence-electron chi connectivity index (χ1n) is 19.1. The van der Waals surface area contributed by atoms with Gasteiger partial charge in [0.15, 0.2) is 0 Å². The van der Waals surface area contributed by atoms with Crippen LogP contribution in [0.3, 0.4) is 0 Å². The number of hydrogen-bond acceptors (Lipinski definition) is 8. The normalized spacial score (nSPS) is 19.2. The third kappa shape index (κ3) is 10.1. The largest absolute Gasteiger partial charge is 0.573 e. The lowest BCUT2D eigenvalue weighted by Crippen LogP contribution is -2.56. The highest BCUT2D eigenvalue weighted by Gasteiger charge is 2.39. The van der Waals surface area contributed by atoms with Crippen molar-refractivity contribution in [2.45, 2.75) is 92.4 Å². The number of anilines is 2. The number of piperazine rings is 1. The van der Waals surface area contributed by atoms with Crippen LogP contribution >= 0.6 is 11.6 Å². The summed E-state index contributed by atoms with van der Waals surface area (Å²) >= 11 is 6.67. The van der Waals surface area contributed by atoms with Crippen molar-refractivity contribution < 1.29 is 32.2 Å². The van der Waals surface area contributed by atoms with E-state index in [0.29, 0.717) is 43.3 Å². The molecule has 2 aliphatic rings. The van der Waals surface area contributed by atoms with Crippen molar-refractivity contribution in [1.29, 1.82) is 0 Å². The number of likely N-dealkylation sites (tertiary alicyclic amines) is 1. The molecule has 2 aromatic heterocycles. The maximum absolute atomic E-state index is 13.7. The highest BCUT2D eigenvalue weighted by Crippen LogP contribution is 2.41. The standard InChI is InChI=1S/C42H51ClF3N7O4/c1-25-17-34(53(23-25)39(55)57-41(6,7)8)37-49-22-33(50-37)29-12-10-28(11-13-29)30-18-31(43)32(19-35(30)56-42(44,45)46)47-20-27-9-14-36(48-21-27)52-16-15-51(24-26(52)2)38(54)40(3,4)5/h9-14,18-19,21-22,25-26,34,47H,15-17,20,23-24H2,1-8H3,(H,49,50)/t25-,26+,34-/m0/s1. The second-order valence-electron chi connectivity index (χ2n) is 17.0. The van der Waals surface area contributed by atoms with Crippen LogP contribution < -0.4 is 15.0 Å². The molecule has 2 aromatic carbocycles. The number of halogens is 4. The number of ether oxygens (including phenoxy) is 2. The lowest BCUT2D eigenvalue weighted by atomic mass is 9.94. The van der Waals surface area contributed by atoms with Crippen molar-refractivity contribution >= 4 is 35.1 Å². The van der Waals surface area contributed by atoms with Crippen molar-refractivity contribution in [2.75, 3.05) is 36.4 Å².